The number of benzene rings is 2. The van der Waals surface area contributed by atoms with E-state index in [-0.39, 0.29) is 20.3 Å². The minimum atomic E-state index is 0.0568. The molecule has 0 spiro atoms. The van der Waals surface area contributed by atoms with Crippen LogP contribution in [0.15, 0.2) is 58.7 Å². The molecule has 0 bridgehead atoms. The molecule has 0 N–H and O–H groups in total. The van der Waals surface area contributed by atoms with Crippen molar-refractivity contribution in [2.24, 2.45) is 0 Å². The van der Waals surface area contributed by atoms with E-state index in [1.807, 2.05) is 33.9 Å². The van der Waals surface area contributed by atoms with Gasteiger partial charge in [-0.25, -0.2) is 0 Å². The summed E-state index contributed by atoms with van der Waals surface area (Å²) in [5, 5.41) is 6.45. The van der Waals surface area contributed by atoms with Gasteiger partial charge in [0, 0.05) is 0 Å². The molecule has 2 nitrogen and oxygen atoms in total. The normalized spacial score (nSPS) is 11.4. The predicted molar refractivity (Wildman–Crippen MR) is 81.9 cm³/mol. The molecule has 0 saturated heterocycles. The summed E-state index contributed by atoms with van der Waals surface area (Å²) >= 11 is 1.71. The molecular weight excluding hydrogens is 321 g/mol. The molecule has 0 aliphatic heterocycles. The molecule has 0 fully saturated rings. The molecule has 19 heavy (non-hydrogen) atoms. The Labute approximate surface area is 119 Å². The van der Waals surface area contributed by atoms with Gasteiger partial charge in [-0.3, -0.25) is 0 Å². The van der Waals surface area contributed by atoms with Crippen molar-refractivity contribution in [1.29, 1.82) is 0 Å². The molecule has 0 unspecified atom stereocenters. The first-order valence-electron chi connectivity index (χ1n) is 5.92. The Kier molecular flexibility index (Phi) is 2.49. The van der Waals surface area contributed by atoms with Crippen LogP contribution in [-0.2, 0) is 0 Å². The zero-order chi connectivity index (χ0) is 12.8. The number of hydrogen-bond acceptors (Lipinski definition) is 2. The first-order valence-corrected chi connectivity index (χ1v) is 8.42. The van der Waals surface area contributed by atoms with Gasteiger partial charge in [-0.15, -0.1) is 0 Å². The van der Waals surface area contributed by atoms with Crippen LogP contribution in [0.4, 0.5) is 0 Å². The van der Waals surface area contributed by atoms with Crippen LogP contribution in [0.2, 0.25) is 0 Å². The van der Waals surface area contributed by atoms with Gasteiger partial charge in [-0.1, -0.05) is 0 Å². The summed E-state index contributed by atoms with van der Waals surface area (Å²) in [6.07, 6.45) is 0. The molecule has 4 rings (SSSR count). The molecule has 0 saturated carbocycles. The Morgan fingerprint density at radius 2 is 1.68 bits per heavy atom. The number of hydrogen-bond donors (Lipinski definition) is 0. The Morgan fingerprint density at radius 1 is 0.947 bits per heavy atom. The molecule has 0 aliphatic rings. The van der Waals surface area contributed by atoms with Gasteiger partial charge >= 0.3 is 119 Å². The molecule has 4 aromatic rings. The minimum absolute atomic E-state index is 0.0568. The maximum atomic E-state index is 12.5. The molecule has 0 amide bonds. The van der Waals surface area contributed by atoms with Crippen LogP contribution >= 0.6 is 11.3 Å². The van der Waals surface area contributed by atoms with Gasteiger partial charge in [0.05, 0.1) is 0 Å². The van der Waals surface area contributed by atoms with Gasteiger partial charge in [-0.2, -0.15) is 0 Å². The maximum absolute atomic E-state index is 12.5. The van der Waals surface area contributed by atoms with Gasteiger partial charge in [0.1, 0.15) is 0 Å². The van der Waals surface area contributed by atoms with Crippen molar-refractivity contribution in [2.45, 2.75) is 0 Å². The Hall–Kier alpha value is -1.61. The van der Waals surface area contributed by atoms with Crippen LogP contribution in [0.5, 0.6) is 0 Å². The van der Waals surface area contributed by atoms with Crippen molar-refractivity contribution in [2.75, 3.05) is 0 Å². The van der Waals surface area contributed by atoms with Crippen molar-refractivity contribution in [3.8, 4) is 5.00 Å². The van der Waals surface area contributed by atoms with E-state index in [1.54, 1.807) is 11.3 Å². The Morgan fingerprint density at radius 3 is 2.53 bits per heavy atom. The predicted octanol–water partition coefficient (Wildman–Crippen LogP) is 3.26. The van der Waals surface area contributed by atoms with Crippen LogP contribution in [-0.4, -0.2) is 18.3 Å². The summed E-state index contributed by atoms with van der Waals surface area (Å²) in [5.74, 6) is 0. The second-order valence-electron chi connectivity index (χ2n) is 4.32. The summed E-state index contributed by atoms with van der Waals surface area (Å²) in [4.78, 5) is 12.5. The van der Waals surface area contributed by atoms with Gasteiger partial charge in [0.15, 0.2) is 0 Å². The average Bonchev–Trinajstić information content (AvgIpc) is 3.01. The van der Waals surface area contributed by atoms with Crippen LogP contribution in [0.25, 0.3) is 25.4 Å². The zero-order valence-corrected chi connectivity index (χ0v) is 12.4. The number of rotatable bonds is 1. The molecule has 2 heterocycles. The summed E-state index contributed by atoms with van der Waals surface area (Å²) in [7, 11) is 0. The fraction of sp³-hybridized carbons (Fsp3) is 0. The van der Waals surface area contributed by atoms with Crippen molar-refractivity contribution in [3.05, 3.63) is 64.3 Å². The number of thiophene rings is 1. The third kappa shape index (κ3) is 1.65. The van der Waals surface area contributed by atoms with E-state index in [0.717, 1.165) is 10.4 Å². The molecule has 0 atom stereocenters. The zero-order valence-electron chi connectivity index (χ0n) is 9.87. The van der Waals surface area contributed by atoms with E-state index in [0.29, 0.717) is 0 Å². The molecule has 2 aromatic carbocycles. The first kappa shape index (κ1) is 11.2. The Balaban J connectivity index is 2.10. The van der Waals surface area contributed by atoms with E-state index in [2.05, 4.69) is 23.6 Å². The van der Waals surface area contributed by atoms with Gasteiger partial charge in [0.25, 0.3) is 0 Å². The van der Waals surface area contributed by atoms with Crippen LogP contribution < -0.4 is 5.56 Å². The molecular formula is C15H9NOSSe. The second kappa shape index (κ2) is 4.20. The molecule has 2 aromatic heterocycles. The topological polar surface area (TPSA) is 22.0 Å². The van der Waals surface area contributed by atoms with Crippen LogP contribution in [0.1, 0.15) is 0 Å². The number of fused-ring (bicyclic) bond motifs is 2. The van der Waals surface area contributed by atoms with Crippen molar-refractivity contribution in [1.82, 2.24) is 3.56 Å². The van der Waals surface area contributed by atoms with Crippen LogP contribution in [0, 0.1) is 0 Å². The van der Waals surface area contributed by atoms with Gasteiger partial charge in [-0.05, 0) is 0 Å². The third-order valence-corrected chi connectivity index (χ3v) is 6.70. The molecule has 92 valence electrons. The average molecular weight is 330 g/mol. The molecule has 0 radical (unpaired) electrons. The monoisotopic (exact) mass is 331 g/mol. The SMILES string of the molecule is O=c1c2ccccc2[se]n1-c1scc2ccccc12. The van der Waals surface area contributed by atoms with E-state index in [9.17, 15) is 4.79 Å². The van der Waals surface area contributed by atoms with Gasteiger partial charge in [0.2, 0.25) is 0 Å². The Bertz CT molecular complexity index is 947. The van der Waals surface area contributed by atoms with Crippen molar-refractivity contribution >= 4 is 46.5 Å². The van der Waals surface area contributed by atoms with Gasteiger partial charge < -0.3 is 0 Å². The third-order valence-electron chi connectivity index (χ3n) is 3.16. The quantitative estimate of drug-likeness (QED) is 0.491. The first-order chi connectivity index (χ1) is 9.34. The fourth-order valence-corrected chi connectivity index (χ4v) is 5.64. The summed E-state index contributed by atoms with van der Waals surface area (Å²) in [5.41, 5.74) is 0.142. The van der Waals surface area contributed by atoms with Crippen molar-refractivity contribution < 1.29 is 0 Å². The summed E-state index contributed by atoms with van der Waals surface area (Å²) in [6, 6.07) is 16.2. The standard InChI is InChI=1S/C15H9NOSSe/c17-14-12-7-3-4-8-13(12)19-16(14)15-11-6-2-1-5-10(11)9-18-15/h1-9H. The van der Waals surface area contributed by atoms with E-state index < -0.39 is 0 Å². The number of aromatic nitrogens is 1. The molecule has 4 heteroatoms. The van der Waals surface area contributed by atoms with E-state index in [4.69, 9.17) is 0 Å². The summed E-state index contributed by atoms with van der Waals surface area (Å²) in [6.45, 7) is 0. The van der Waals surface area contributed by atoms with Crippen molar-refractivity contribution in [3.63, 3.8) is 0 Å². The molecule has 0 aliphatic carbocycles. The fourth-order valence-electron chi connectivity index (χ4n) is 2.24. The summed E-state index contributed by atoms with van der Waals surface area (Å²) < 4.78 is 3.13. The second-order valence-corrected chi connectivity index (χ2v) is 7.25. The number of nitrogens with zero attached hydrogens (tertiary/aromatic N) is 1. The van der Waals surface area contributed by atoms with E-state index >= 15 is 0 Å². The van der Waals surface area contributed by atoms with E-state index in [1.165, 1.54) is 15.0 Å². The van der Waals surface area contributed by atoms with Crippen LogP contribution in [0.3, 0.4) is 0 Å².